The SMILES string of the molecule is COc1cccc2sc(N3CCN(C(=O)c4cc5cc([N+](=O)[O-])ccc5s4)CC3)nc12. The topological polar surface area (TPSA) is 88.8 Å². The summed E-state index contributed by atoms with van der Waals surface area (Å²) in [7, 11) is 1.64. The van der Waals surface area contributed by atoms with E-state index in [1.54, 1.807) is 30.6 Å². The third kappa shape index (κ3) is 3.57. The molecule has 4 aromatic rings. The fourth-order valence-electron chi connectivity index (χ4n) is 3.72. The Morgan fingerprint density at radius 3 is 2.65 bits per heavy atom. The second kappa shape index (κ2) is 7.78. The monoisotopic (exact) mass is 454 g/mol. The minimum Gasteiger partial charge on any atom is -0.494 e. The van der Waals surface area contributed by atoms with Gasteiger partial charge in [-0.1, -0.05) is 17.4 Å². The molecule has 5 rings (SSSR count). The van der Waals surface area contributed by atoms with Gasteiger partial charge >= 0.3 is 0 Å². The first-order valence-corrected chi connectivity index (χ1v) is 11.3. The average molecular weight is 455 g/mol. The molecule has 0 aliphatic carbocycles. The molecule has 1 aliphatic heterocycles. The number of anilines is 1. The second-order valence-electron chi connectivity index (χ2n) is 7.17. The van der Waals surface area contributed by atoms with Crippen molar-refractivity contribution in [2.24, 2.45) is 0 Å². The summed E-state index contributed by atoms with van der Waals surface area (Å²) >= 11 is 3.00. The molecule has 8 nitrogen and oxygen atoms in total. The summed E-state index contributed by atoms with van der Waals surface area (Å²) < 4.78 is 7.36. The van der Waals surface area contributed by atoms with E-state index in [-0.39, 0.29) is 11.6 Å². The van der Waals surface area contributed by atoms with E-state index in [2.05, 4.69) is 4.90 Å². The highest BCUT2D eigenvalue weighted by Gasteiger charge is 2.25. The van der Waals surface area contributed by atoms with Crippen LogP contribution < -0.4 is 9.64 Å². The van der Waals surface area contributed by atoms with Gasteiger partial charge < -0.3 is 14.5 Å². The largest absolute Gasteiger partial charge is 0.494 e. The van der Waals surface area contributed by atoms with Crippen molar-refractivity contribution < 1.29 is 14.5 Å². The summed E-state index contributed by atoms with van der Waals surface area (Å²) in [6.07, 6.45) is 0. The number of thiazole rings is 1. The van der Waals surface area contributed by atoms with Crippen LogP contribution in [-0.2, 0) is 0 Å². The molecule has 3 heterocycles. The first kappa shape index (κ1) is 19.7. The highest BCUT2D eigenvalue weighted by molar-refractivity contribution is 7.22. The first-order valence-electron chi connectivity index (χ1n) is 9.69. The predicted octanol–water partition coefficient (Wildman–Crippen LogP) is 4.39. The number of carbonyl (C=O) groups is 1. The molecule has 0 spiro atoms. The number of rotatable bonds is 4. The Morgan fingerprint density at radius 2 is 1.90 bits per heavy atom. The van der Waals surface area contributed by atoms with E-state index >= 15 is 0 Å². The van der Waals surface area contributed by atoms with Crippen LogP contribution in [0.25, 0.3) is 20.3 Å². The fraction of sp³-hybridized carbons (Fsp3) is 0.238. The van der Waals surface area contributed by atoms with Crippen LogP contribution >= 0.6 is 22.7 Å². The Kier molecular flexibility index (Phi) is 4.95. The second-order valence-corrected chi connectivity index (χ2v) is 9.27. The number of ether oxygens (including phenoxy) is 1. The van der Waals surface area contributed by atoms with Crippen molar-refractivity contribution in [3.05, 3.63) is 57.5 Å². The molecule has 1 fully saturated rings. The quantitative estimate of drug-likeness (QED) is 0.336. The standard InChI is InChI=1S/C21H18N4O4S2/c1-29-15-3-2-4-17-19(15)22-21(31-17)24-9-7-23(8-10-24)20(26)18-12-13-11-14(25(27)28)5-6-16(13)30-18/h2-6,11-12H,7-10H2,1H3. The molecule has 0 unspecified atom stereocenters. The summed E-state index contributed by atoms with van der Waals surface area (Å²) in [6, 6.07) is 12.3. The van der Waals surface area contributed by atoms with Crippen molar-refractivity contribution in [2.75, 3.05) is 38.2 Å². The molecule has 2 aromatic carbocycles. The van der Waals surface area contributed by atoms with Crippen LogP contribution in [0.1, 0.15) is 9.67 Å². The van der Waals surface area contributed by atoms with Crippen LogP contribution in [0, 0.1) is 10.1 Å². The smallest absolute Gasteiger partial charge is 0.270 e. The van der Waals surface area contributed by atoms with Crippen LogP contribution in [0.2, 0.25) is 0 Å². The number of nitro benzene ring substituents is 1. The van der Waals surface area contributed by atoms with Crippen molar-refractivity contribution in [3.8, 4) is 5.75 Å². The van der Waals surface area contributed by atoms with Gasteiger partial charge in [-0.25, -0.2) is 4.98 Å². The van der Waals surface area contributed by atoms with Gasteiger partial charge in [-0.15, -0.1) is 11.3 Å². The van der Waals surface area contributed by atoms with Crippen molar-refractivity contribution in [1.82, 2.24) is 9.88 Å². The Morgan fingerprint density at radius 1 is 1.10 bits per heavy atom. The van der Waals surface area contributed by atoms with E-state index in [1.807, 2.05) is 23.1 Å². The summed E-state index contributed by atoms with van der Waals surface area (Å²) in [4.78, 5) is 33.0. The maximum Gasteiger partial charge on any atom is 0.270 e. The number of methoxy groups -OCH3 is 1. The number of piperazine rings is 1. The molecule has 158 valence electrons. The maximum absolute atomic E-state index is 13.0. The number of fused-ring (bicyclic) bond motifs is 2. The van der Waals surface area contributed by atoms with Gasteiger partial charge in [0.05, 0.1) is 21.6 Å². The van der Waals surface area contributed by atoms with Crippen molar-refractivity contribution >= 4 is 59.7 Å². The van der Waals surface area contributed by atoms with Gasteiger partial charge in [0.25, 0.3) is 11.6 Å². The van der Waals surface area contributed by atoms with Gasteiger partial charge in [-0.05, 0) is 24.3 Å². The Balaban J connectivity index is 1.30. The lowest BCUT2D eigenvalue weighted by Gasteiger charge is -2.34. The molecular weight excluding hydrogens is 436 g/mol. The number of carbonyl (C=O) groups excluding carboxylic acids is 1. The van der Waals surface area contributed by atoms with E-state index in [0.717, 1.165) is 31.2 Å². The van der Waals surface area contributed by atoms with Gasteiger partial charge in [0.2, 0.25) is 0 Å². The fourth-order valence-corrected chi connectivity index (χ4v) is 5.76. The van der Waals surface area contributed by atoms with Crippen LogP contribution in [0.15, 0.2) is 42.5 Å². The van der Waals surface area contributed by atoms with Gasteiger partial charge in [0.1, 0.15) is 11.3 Å². The van der Waals surface area contributed by atoms with Crippen LogP contribution in [0.4, 0.5) is 10.8 Å². The predicted molar refractivity (Wildman–Crippen MR) is 123 cm³/mol. The van der Waals surface area contributed by atoms with Crippen LogP contribution in [0.3, 0.4) is 0 Å². The zero-order valence-electron chi connectivity index (χ0n) is 16.6. The highest BCUT2D eigenvalue weighted by atomic mass is 32.1. The van der Waals surface area contributed by atoms with Crippen molar-refractivity contribution in [1.29, 1.82) is 0 Å². The number of nitro groups is 1. The summed E-state index contributed by atoms with van der Waals surface area (Å²) in [6.45, 7) is 2.59. The van der Waals surface area contributed by atoms with Crippen LogP contribution in [0.5, 0.6) is 5.75 Å². The Hall–Kier alpha value is -3.24. The Labute approximate surface area is 185 Å². The summed E-state index contributed by atoms with van der Waals surface area (Å²) in [5, 5.41) is 12.6. The summed E-state index contributed by atoms with van der Waals surface area (Å²) in [5.41, 5.74) is 0.897. The first-order chi connectivity index (χ1) is 15.0. The lowest BCUT2D eigenvalue weighted by Crippen LogP contribution is -2.48. The zero-order chi connectivity index (χ0) is 21.5. The summed E-state index contributed by atoms with van der Waals surface area (Å²) in [5.74, 6) is 0.730. The third-order valence-corrected chi connectivity index (χ3v) is 7.53. The normalized spacial score (nSPS) is 14.4. The van der Waals surface area contributed by atoms with E-state index in [0.29, 0.717) is 31.1 Å². The molecule has 1 saturated heterocycles. The van der Waals surface area contributed by atoms with Crippen LogP contribution in [-0.4, -0.2) is 54.0 Å². The number of nitrogens with zero attached hydrogens (tertiary/aromatic N) is 4. The lowest BCUT2D eigenvalue weighted by molar-refractivity contribution is -0.384. The minimum atomic E-state index is -0.421. The van der Waals surface area contributed by atoms with Gasteiger partial charge in [-0.2, -0.15) is 0 Å². The molecule has 0 saturated carbocycles. The van der Waals surface area contributed by atoms with Gasteiger partial charge in [0, 0.05) is 48.4 Å². The number of hydrogen-bond acceptors (Lipinski definition) is 8. The molecular formula is C21H18N4O4S2. The molecule has 31 heavy (non-hydrogen) atoms. The number of para-hydroxylation sites is 1. The molecule has 0 bridgehead atoms. The molecule has 0 N–H and O–H groups in total. The molecule has 0 radical (unpaired) electrons. The van der Waals surface area contributed by atoms with E-state index in [4.69, 9.17) is 9.72 Å². The average Bonchev–Trinajstić information content (AvgIpc) is 3.42. The zero-order valence-corrected chi connectivity index (χ0v) is 18.2. The molecule has 2 aromatic heterocycles. The number of non-ortho nitro benzene ring substituents is 1. The Bertz CT molecular complexity index is 1310. The van der Waals surface area contributed by atoms with Crippen molar-refractivity contribution in [3.63, 3.8) is 0 Å². The van der Waals surface area contributed by atoms with Gasteiger partial charge in [0.15, 0.2) is 5.13 Å². The third-order valence-electron chi connectivity index (χ3n) is 5.35. The number of hydrogen-bond donors (Lipinski definition) is 0. The highest BCUT2D eigenvalue weighted by Crippen LogP contribution is 2.35. The van der Waals surface area contributed by atoms with E-state index in [9.17, 15) is 14.9 Å². The molecule has 10 heteroatoms. The molecule has 1 aliphatic rings. The van der Waals surface area contributed by atoms with Gasteiger partial charge in [-0.3, -0.25) is 14.9 Å². The number of aromatic nitrogens is 1. The number of amides is 1. The molecule has 1 amide bonds. The van der Waals surface area contributed by atoms with E-state index < -0.39 is 4.92 Å². The molecule has 0 atom stereocenters. The van der Waals surface area contributed by atoms with Crippen molar-refractivity contribution in [2.45, 2.75) is 0 Å². The maximum atomic E-state index is 13.0. The number of benzene rings is 2. The van der Waals surface area contributed by atoms with E-state index in [1.165, 1.54) is 23.5 Å². The lowest BCUT2D eigenvalue weighted by atomic mass is 10.2. The number of thiophene rings is 1. The minimum absolute atomic E-state index is 0.0328.